The zero-order valence-electron chi connectivity index (χ0n) is 27.1. The van der Waals surface area contributed by atoms with Crippen LogP contribution in [0.15, 0.2) is 198 Å². The van der Waals surface area contributed by atoms with Crippen LogP contribution in [0.25, 0.3) is 45.3 Å². The van der Waals surface area contributed by atoms with Crippen molar-refractivity contribution in [1.82, 2.24) is 15.0 Å². The minimum absolute atomic E-state index is 0.470. The molecule has 3 nitrogen and oxygen atoms in total. The molecule has 0 N–H and O–H groups in total. The third kappa shape index (κ3) is 5.22. The van der Waals surface area contributed by atoms with Crippen molar-refractivity contribution >= 4 is 11.8 Å². The Kier molecular flexibility index (Phi) is 7.64. The summed E-state index contributed by atoms with van der Waals surface area (Å²) in [5.41, 5.74) is 9.79. The van der Waals surface area contributed by atoms with Gasteiger partial charge in [-0.2, -0.15) is 0 Å². The van der Waals surface area contributed by atoms with Crippen molar-refractivity contribution < 1.29 is 0 Å². The Bertz CT molecular complexity index is 2330. The van der Waals surface area contributed by atoms with E-state index in [1.54, 1.807) is 0 Å². The number of hydrogen-bond donors (Lipinski definition) is 0. The van der Waals surface area contributed by atoms with E-state index in [-0.39, 0.29) is 0 Å². The highest BCUT2D eigenvalue weighted by Crippen LogP contribution is 2.56. The molecule has 0 atom stereocenters. The van der Waals surface area contributed by atoms with Crippen LogP contribution in [0.2, 0.25) is 0 Å². The molecular formula is C46H31N3S. The summed E-state index contributed by atoms with van der Waals surface area (Å²) >= 11 is 1.85. The largest absolute Gasteiger partial charge is 0.208 e. The zero-order chi connectivity index (χ0) is 33.3. The van der Waals surface area contributed by atoms with Crippen LogP contribution in [0, 0.1) is 0 Å². The van der Waals surface area contributed by atoms with Crippen LogP contribution >= 0.6 is 11.8 Å². The van der Waals surface area contributed by atoms with Crippen molar-refractivity contribution in [2.24, 2.45) is 0 Å². The summed E-state index contributed by atoms with van der Waals surface area (Å²) < 4.78 is 0. The molecular weight excluding hydrogens is 627 g/mol. The highest BCUT2D eigenvalue weighted by molar-refractivity contribution is 7.99. The Labute approximate surface area is 296 Å². The molecule has 0 saturated carbocycles. The van der Waals surface area contributed by atoms with Crippen LogP contribution in [0.4, 0.5) is 0 Å². The van der Waals surface area contributed by atoms with Crippen molar-refractivity contribution in [1.29, 1.82) is 0 Å². The third-order valence-electron chi connectivity index (χ3n) is 9.48. The normalized spacial score (nSPS) is 12.9. The quantitative estimate of drug-likeness (QED) is 0.178. The van der Waals surface area contributed by atoms with E-state index >= 15 is 0 Å². The first-order valence-electron chi connectivity index (χ1n) is 16.8. The molecule has 0 unspecified atom stereocenters. The summed E-state index contributed by atoms with van der Waals surface area (Å²) in [5.74, 6) is 1.96. The SMILES string of the molecule is c1ccc(-c2nc(-c3ccccc3)nc(-c3ccc(-c4ccc5c(c4)C(c4ccccc4)(c4ccccc4)c4ccccc4S5)cc3)n2)cc1. The lowest BCUT2D eigenvalue weighted by molar-refractivity contribution is 0.703. The molecule has 1 aliphatic heterocycles. The second kappa shape index (κ2) is 12.7. The highest BCUT2D eigenvalue weighted by atomic mass is 32.2. The van der Waals surface area contributed by atoms with Gasteiger partial charge in [0.25, 0.3) is 0 Å². The Morgan fingerprint density at radius 3 is 1.26 bits per heavy atom. The van der Waals surface area contributed by atoms with E-state index in [9.17, 15) is 0 Å². The summed E-state index contributed by atoms with van der Waals surface area (Å²) in [5, 5.41) is 0. The zero-order valence-corrected chi connectivity index (χ0v) is 28.0. The second-order valence-electron chi connectivity index (χ2n) is 12.4. The smallest absolute Gasteiger partial charge is 0.164 e. The number of fused-ring (bicyclic) bond motifs is 2. The van der Waals surface area contributed by atoms with Gasteiger partial charge in [-0.15, -0.1) is 0 Å². The first-order chi connectivity index (χ1) is 24.8. The molecule has 7 aromatic carbocycles. The van der Waals surface area contributed by atoms with Crippen LogP contribution in [-0.2, 0) is 5.41 Å². The lowest BCUT2D eigenvalue weighted by Crippen LogP contribution is -2.34. The average Bonchev–Trinajstić information content (AvgIpc) is 3.21. The lowest BCUT2D eigenvalue weighted by atomic mass is 9.64. The highest BCUT2D eigenvalue weighted by Gasteiger charge is 2.44. The van der Waals surface area contributed by atoms with Gasteiger partial charge in [0, 0.05) is 26.5 Å². The van der Waals surface area contributed by atoms with Crippen molar-refractivity contribution in [3.63, 3.8) is 0 Å². The molecule has 4 heteroatoms. The molecule has 0 saturated heterocycles. The topological polar surface area (TPSA) is 38.7 Å². The molecule has 8 aromatic rings. The van der Waals surface area contributed by atoms with Crippen LogP contribution in [0.5, 0.6) is 0 Å². The van der Waals surface area contributed by atoms with E-state index < -0.39 is 5.41 Å². The average molecular weight is 658 g/mol. The third-order valence-corrected chi connectivity index (χ3v) is 10.6. The first-order valence-corrected chi connectivity index (χ1v) is 17.6. The fourth-order valence-corrected chi connectivity index (χ4v) is 8.31. The standard InChI is InChI=1S/C46H31N3S/c1-5-15-33(16-6-1)43-47-44(34-17-7-2-8-18-34)49-45(48-43)35-27-25-32(26-28-35)36-29-30-42-40(31-36)46(37-19-9-3-10-20-37,38-21-11-4-12-22-38)39-23-13-14-24-41(39)50-42/h1-31H. The van der Waals surface area contributed by atoms with Gasteiger partial charge in [0.05, 0.1) is 5.41 Å². The molecule has 1 aliphatic rings. The van der Waals surface area contributed by atoms with E-state index in [0.717, 1.165) is 27.8 Å². The molecule has 1 aromatic heterocycles. The number of aromatic nitrogens is 3. The predicted molar refractivity (Wildman–Crippen MR) is 204 cm³/mol. The molecule has 236 valence electrons. The number of hydrogen-bond acceptors (Lipinski definition) is 4. The number of benzene rings is 7. The van der Waals surface area contributed by atoms with Gasteiger partial charge in [0.1, 0.15) is 0 Å². The van der Waals surface area contributed by atoms with Gasteiger partial charge in [-0.05, 0) is 51.6 Å². The Hall–Kier alpha value is -6.10. The molecule has 0 bridgehead atoms. The van der Waals surface area contributed by atoms with Crippen molar-refractivity contribution in [3.8, 4) is 45.3 Å². The van der Waals surface area contributed by atoms with Gasteiger partial charge in [-0.3, -0.25) is 0 Å². The monoisotopic (exact) mass is 657 g/mol. The summed E-state index contributed by atoms with van der Waals surface area (Å²) in [6.45, 7) is 0. The van der Waals surface area contributed by atoms with Crippen molar-refractivity contribution in [2.45, 2.75) is 15.2 Å². The molecule has 0 amide bonds. The molecule has 50 heavy (non-hydrogen) atoms. The molecule has 9 rings (SSSR count). The maximum atomic E-state index is 4.94. The van der Waals surface area contributed by atoms with Crippen molar-refractivity contribution in [2.75, 3.05) is 0 Å². The Balaban J connectivity index is 1.17. The minimum Gasteiger partial charge on any atom is -0.208 e. The molecule has 2 heterocycles. The second-order valence-corrected chi connectivity index (χ2v) is 13.5. The van der Waals surface area contributed by atoms with E-state index in [1.165, 1.54) is 32.0 Å². The summed E-state index contributed by atoms with van der Waals surface area (Å²) in [7, 11) is 0. The van der Waals surface area contributed by atoms with E-state index in [1.807, 2.05) is 72.4 Å². The Morgan fingerprint density at radius 2 is 0.720 bits per heavy atom. The first kappa shape index (κ1) is 30.0. The van der Waals surface area contributed by atoms with Gasteiger partial charge >= 0.3 is 0 Å². The molecule has 0 fully saturated rings. The number of nitrogens with zero attached hydrogens (tertiary/aromatic N) is 3. The van der Waals surface area contributed by atoms with Gasteiger partial charge < -0.3 is 0 Å². The van der Waals surface area contributed by atoms with Gasteiger partial charge in [0.15, 0.2) is 17.5 Å². The van der Waals surface area contributed by atoms with Gasteiger partial charge in [-0.25, -0.2) is 15.0 Å². The van der Waals surface area contributed by atoms with Crippen LogP contribution in [0.3, 0.4) is 0 Å². The molecule has 0 radical (unpaired) electrons. The van der Waals surface area contributed by atoms with Crippen molar-refractivity contribution in [3.05, 3.63) is 210 Å². The fourth-order valence-electron chi connectivity index (χ4n) is 7.14. The van der Waals surface area contributed by atoms with Crippen LogP contribution in [0.1, 0.15) is 22.3 Å². The van der Waals surface area contributed by atoms with E-state index in [0.29, 0.717) is 17.5 Å². The van der Waals surface area contributed by atoms with Gasteiger partial charge in [0.2, 0.25) is 0 Å². The summed E-state index contributed by atoms with van der Waals surface area (Å²) in [6.07, 6.45) is 0. The van der Waals surface area contributed by atoms with Gasteiger partial charge in [-0.1, -0.05) is 182 Å². The maximum Gasteiger partial charge on any atom is 0.164 e. The molecule has 0 spiro atoms. The fraction of sp³-hybridized carbons (Fsp3) is 0.0217. The number of rotatable bonds is 6. The van der Waals surface area contributed by atoms with E-state index in [2.05, 4.69) is 127 Å². The predicted octanol–water partition coefficient (Wildman–Crippen LogP) is 11.4. The molecule has 0 aliphatic carbocycles. The minimum atomic E-state index is -0.470. The summed E-state index contributed by atoms with van der Waals surface area (Å²) in [6, 6.07) is 66.5. The van der Waals surface area contributed by atoms with Crippen LogP contribution < -0.4 is 0 Å². The lowest BCUT2D eigenvalue weighted by Gasteiger charge is -2.42. The maximum absolute atomic E-state index is 4.94. The van der Waals surface area contributed by atoms with Crippen LogP contribution in [-0.4, -0.2) is 15.0 Å². The summed E-state index contributed by atoms with van der Waals surface area (Å²) in [4.78, 5) is 17.3. The Morgan fingerprint density at radius 1 is 0.320 bits per heavy atom. The van der Waals surface area contributed by atoms with E-state index in [4.69, 9.17) is 15.0 Å².